The van der Waals surface area contributed by atoms with Gasteiger partial charge in [0.05, 0.1) is 5.69 Å². The predicted octanol–water partition coefficient (Wildman–Crippen LogP) is 1.57. The summed E-state index contributed by atoms with van der Waals surface area (Å²) in [6.07, 6.45) is 1.70. The Morgan fingerprint density at radius 3 is 2.92 bits per heavy atom. The number of hydrogen-bond acceptors (Lipinski definition) is 3. The molecular formula is C9H12N2O. The number of methoxy groups -OCH3 is 1. The summed E-state index contributed by atoms with van der Waals surface area (Å²) in [4.78, 5) is 8.38. The van der Waals surface area contributed by atoms with Crippen molar-refractivity contribution < 1.29 is 4.74 Å². The molecule has 0 saturated heterocycles. The maximum absolute atomic E-state index is 4.92. The monoisotopic (exact) mass is 164 g/mol. The van der Waals surface area contributed by atoms with E-state index in [1.165, 1.54) is 0 Å². The molecule has 0 aliphatic heterocycles. The van der Waals surface area contributed by atoms with Gasteiger partial charge in [0.2, 0.25) is 0 Å². The van der Waals surface area contributed by atoms with Crippen LogP contribution in [0.5, 0.6) is 0 Å². The molecule has 0 unspecified atom stereocenters. The Hall–Kier alpha value is -1.22. The summed E-state index contributed by atoms with van der Waals surface area (Å²) in [5.41, 5.74) is 1.78. The van der Waals surface area contributed by atoms with Crippen LogP contribution in [-0.2, 0) is 11.3 Å². The molecule has 3 nitrogen and oxygen atoms in total. The van der Waals surface area contributed by atoms with Crippen LogP contribution >= 0.6 is 0 Å². The minimum absolute atomic E-state index is 0.447. The van der Waals surface area contributed by atoms with Gasteiger partial charge in [0, 0.05) is 12.8 Å². The Kier molecular flexibility index (Phi) is 2.94. The van der Waals surface area contributed by atoms with E-state index in [0.717, 1.165) is 11.4 Å². The van der Waals surface area contributed by atoms with Crippen LogP contribution in [-0.4, -0.2) is 17.1 Å². The number of ether oxygens (including phenoxy) is 1. The summed E-state index contributed by atoms with van der Waals surface area (Å²) < 4.78 is 4.92. The molecule has 0 fully saturated rings. The fourth-order valence-electron chi connectivity index (χ4n) is 0.954. The third-order valence-corrected chi connectivity index (χ3v) is 1.40. The third-order valence-electron chi connectivity index (χ3n) is 1.40. The molecule has 1 heterocycles. The van der Waals surface area contributed by atoms with Gasteiger partial charge in [-0.05, 0) is 19.1 Å². The van der Waals surface area contributed by atoms with Crippen LogP contribution in [0.4, 0.5) is 0 Å². The molecule has 64 valence electrons. The largest absolute Gasteiger partial charge is 0.377 e. The summed E-state index contributed by atoms with van der Waals surface area (Å²) >= 11 is 0. The van der Waals surface area contributed by atoms with Crippen molar-refractivity contribution in [3.05, 3.63) is 29.9 Å². The van der Waals surface area contributed by atoms with Crippen molar-refractivity contribution in [3.8, 4) is 0 Å². The van der Waals surface area contributed by atoms with Gasteiger partial charge in [-0.2, -0.15) is 0 Å². The second kappa shape index (κ2) is 3.97. The lowest BCUT2D eigenvalue weighted by atomic mass is 10.3. The first-order valence-corrected chi connectivity index (χ1v) is 3.72. The van der Waals surface area contributed by atoms with E-state index in [1.807, 2.05) is 13.0 Å². The lowest BCUT2D eigenvalue weighted by Gasteiger charge is -2.01. The van der Waals surface area contributed by atoms with Crippen LogP contribution in [0.15, 0.2) is 12.6 Å². The van der Waals surface area contributed by atoms with Crippen molar-refractivity contribution in [2.45, 2.75) is 13.5 Å². The summed E-state index contributed by atoms with van der Waals surface area (Å²) in [6, 6.07) is 1.88. The van der Waals surface area contributed by atoms with Gasteiger partial charge in [0.15, 0.2) is 5.82 Å². The fraction of sp³-hybridized carbons (Fsp3) is 0.333. The van der Waals surface area contributed by atoms with Crippen LogP contribution in [0, 0.1) is 6.92 Å². The van der Waals surface area contributed by atoms with E-state index in [2.05, 4.69) is 16.5 Å². The summed E-state index contributed by atoms with van der Waals surface area (Å²) in [6.45, 7) is 6.01. The van der Waals surface area contributed by atoms with E-state index >= 15 is 0 Å². The smallest absolute Gasteiger partial charge is 0.154 e. The molecule has 1 aromatic rings. The highest BCUT2D eigenvalue weighted by atomic mass is 16.5. The lowest BCUT2D eigenvalue weighted by Crippen LogP contribution is -1.99. The first kappa shape index (κ1) is 8.87. The molecular weight excluding hydrogens is 152 g/mol. The van der Waals surface area contributed by atoms with Gasteiger partial charge < -0.3 is 4.74 Å². The van der Waals surface area contributed by atoms with Crippen molar-refractivity contribution in [1.29, 1.82) is 0 Å². The molecule has 0 atom stereocenters. The van der Waals surface area contributed by atoms with Gasteiger partial charge >= 0.3 is 0 Å². The second-order valence-electron chi connectivity index (χ2n) is 2.49. The molecule has 0 bridgehead atoms. The molecule has 0 spiro atoms. The summed E-state index contributed by atoms with van der Waals surface area (Å²) in [5.74, 6) is 0.701. The fourth-order valence-corrected chi connectivity index (χ4v) is 0.954. The molecule has 0 saturated carbocycles. The Bertz CT molecular complexity index is 284. The van der Waals surface area contributed by atoms with Crippen LogP contribution in [0.1, 0.15) is 17.2 Å². The highest BCUT2D eigenvalue weighted by molar-refractivity contribution is 5.41. The zero-order valence-electron chi connectivity index (χ0n) is 7.37. The van der Waals surface area contributed by atoms with E-state index in [1.54, 1.807) is 13.2 Å². The van der Waals surface area contributed by atoms with E-state index in [0.29, 0.717) is 12.4 Å². The van der Waals surface area contributed by atoms with Crippen LogP contribution in [0.2, 0.25) is 0 Å². The van der Waals surface area contributed by atoms with E-state index in [-0.39, 0.29) is 0 Å². The maximum atomic E-state index is 4.92. The molecule has 0 N–H and O–H groups in total. The van der Waals surface area contributed by atoms with Gasteiger partial charge in [-0.15, -0.1) is 0 Å². The van der Waals surface area contributed by atoms with Crippen LogP contribution < -0.4 is 0 Å². The zero-order valence-corrected chi connectivity index (χ0v) is 7.37. The quantitative estimate of drug-likeness (QED) is 0.680. The molecule has 3 heteroatoms. The summed E-state index contributed by atoms with van der Waals surface area (Å²) in [5, 5.41) is 0. The number of nitrogens with zero attached hydrogens (tertiary/aromatic N) is 2. The van der Waals surface area contributed by atoms with E-state index in [4.69, 9.17) is 4.74 Å². The van der Waals surface area contributed by atoms with Crippen molar-refractivity contribution in [1.82, 2.24) is 9.97 Å². The highest BCUT2D eigenvalue weighted by Gasteiger charge is 1.98. The second-order valence-corrected chi connectivity index (χ2v) is 2.49. The molecule has 0 aliphatic carbocycles. The Morgan fingerprint density at radius 2 is 2.33 bits per heavy atom. The molecule has 0 aliphatic rings. The maximum Gasteiger partial charge on any atom is 0.154 e. The van der Waals surface area contributed by atoms with Gasteiger partial charge in [-0.25, -0.2) is 9.97 Å². The normalized spacial score (nSPS) is 9.83. The highest BCUT2D eigenvalue weighted by Crippen LogP contribution is 2.02. The number of hydrogen-bond donors (Lipinski definition) is 0. The minimum Gasteiger partial charge on any atom is -0.377 e. The van der Waals surface area contributed by atoms with Crippen molar-refractivity contribution in [2.75, 3.05) is 7.11 Å². The summed E-state index contributed by atoms with van der Waals surface area (Å²) in [7, 11) is 1.62. The first-order valence-electron chi connectivity index (χ1n) is 3.72. The average Bonchev–Trinajstić information content (AvgIpc) is 2.04. The van der Waals surface area contributed by atoms with Crippen molar-refractivity contribution in [2.24, 2.45) is 0 Å². The third kappa shape index (κ3) is 2.13. The van der Waals surface area contributed by atoms with Gasteiger partial charge in [0.25, 0.3) is 0 Å². The molecule has 1 rings (SSSR count). The van der Waals surface area contributed by atoms with Crippen LogP contribution in [0.3, 0.4) is 0 Å². The first-order chi connectivity index (χ1) is 5.76. The standard InChI is InChI=1S/C9H12N2O/c1-4-8-5-7(2)10-9(11-8)6-12-3/h4-5H,1,6H2,2-3H3. The van der Waals surface area contributed by atoms with Crippen LogP contribution in [0.25, 0.3) is 6.08 Å². The van der Waals surface area contributed by atoms with Gasteiger partial charge in [0.1, 0.15) is 6.61 Å². The average molecular weight is 164 g/mol. The van der Waals surface area contributed by atoms with E-state index < -0.39 is 0 Å². The SMILES string of the molecule is C=Cc1cc(C)nc(COC)n1. The van der Waals surface area contributed by atoms with Gasteiger partial charge in [-0.1, -0.05) is 6.58 Å². The Labute approximate surface area is 72.1 Å². The number of rotatable bonds is 3. The topological polar surface area (TPSA) is 35.0 Å². The molecule has 0 amide bonds. The molecule has 0 aromatic carbocycles. The van der Waals surface area contributed by atoms with E-state index in [9.17, 15) is 0 Å². The number of aryl methyl sites for hydroxylation is 1. The Morgan fingerprint density at radius 1 is 1.58 bits per heavy atom. The molecule has 12 heavy (non-hydrogen) atoms. The predicted molar refractivity (Wildman–Crippen MR) is 47.6 cm³/mol. The van der Waals surface area contributed by atoms with Gasteiger partial charge in [-0.3, -0.25) is 0 Å². The molecule has 0 radical (unpaired) electrons. The van der Waals surface area contributed by atoms with Crippen molar-refractivity contribution in [3.63, 3.8) is 0 Å². The lowest BCUT2D eigenvalue weighted by molar-refractivity contribution is 0.177. The molecule has 1 aromatic heterocycles. The van der Waals surface area contributed by atoms with Crippen molar-refractivity contribution >= 4 is 6.08 Å². The zero-order chi connectivity index (χ0) is 8.97. The Balaban J connectivity index is 2.97. The minimum atomic E-state index is 0.447. The number of aromatic nitrogens is 2.